The van der Waals surface area contributed by atoms with Crippen molar-refractivity contribution in [1.82, 2.24) is 0 Å². The van der Waals surface area contributed by atoms with E-state index < -0.39 is 11.6 Å². The van der Waals surface area contributed by atoms with Gasteiger partial charge in [-0.1, -0.05) is 23.8 Å². The summed E-state index contributed by atoms with van der Waals surface area (Å²) < 4.78 is 31.3. The van der Waals surface area contributed by atoms with Crippen LogP contribution in [-0.2, 0) is 0 Å². The third-order valence-corrected chi connectivity index (χ3v) is 3.53. The van der Waals surface area contributed by atoms with Crippen LogP contribution in [0.25, 0.3) is 0 Å². The summed E-state index contributed by atoms with van der Waals surface area (Å²) in [6, 6.07) is 11.7. The molecule has 2 rings (SSSR count). The summed E-state index contributed by atoms with van der Waals surface area (Å²) in [5, 5.41) is 9.36. The molecule has 0 aliphatic heterocycles. The zero-order valence-corrected chi connectivity index (χ0v) is 12.6. The molecule has 1 unspecified atom stereocenters. The first-order chi connectivity index (χ1) is 10.5. The second-order valence-corrected chi connectivity index (χ2v) is 5.25. The molecule has 2 nitrogen and oxygen atoms in total. The van der Waals surface area contributed by atoms with E-state index in [1.54, 1.807) is 0 Å². The van der Waals surface area contributed by atoms with E-state index in [2.05, 4.69) is 6.07 Å². The van der Waals surface area contributed by atoms with Crippen LogP contribution < -0.4 is 4.74 Å². The van der Waals surface area contributed by atoms with Gasteiger partial charge in [0, 0.05) is 12.5 Å². The average molecular weight is 301 g/mol. The van der Waals surface area contributed by atoms with Gasteiger partial charge in [0.15, 0.2) is 11.6 Å². The van der Waals surface area contributed by atoms with Crippen LogP contribution >= 0.6 is 0 Å². The predicted octanol–water partition coefficient (Wildman–Crippen LogP) is 4.66. The first kappa shape index (κ1) is 16.0. The Balaban J connectivity index is 2.01. The third-order valence-electron chi connectivity index (χ3n) is 3.53. The highest BCUT2D eigenvalue weighted by molar-refractivity contribution is 5.36. The lowest BCUT2D eigenvalue weighted by Crippen LogP contribution is -2.06. The van der Waals surface area contributed by atoms with E-state index in [-0.39, 0.29) is 18.3 Å². The number of nitriles is 1. The SMILES string of the molecule is Cc1ccc(C)c(C(C#N)CCOc2ccc(F)c(F)c2)c1. The number of nitrogens with zero attached hydrogens (tertiary/aromatic N) is 1. The van der Waals surface area contributed by atoms with Crippen molar-refractivity contribution in [2.75, 3.05) is 6.61 Å². The van der Waals surface area contributed by atoms with Crippen molar-refractivity contribution in [1.29, 1.82) is 5.26 Å². The van der Waals surface area contributed by atoms with Crippen LogP contribution in [0.5, 0.6) is 5.75 Å². The van der Waals surface area contributed by atoms with E-state index in [9.17, 15) is 14.0 Å². The monoisotopic (exact) mass is 301 g/mol. The molecule has 2 aromatic rings. The van der Waals surface area contributed by atoms with Crippen LogP contribution in [0.15, 0.2) is 36.4 Å². The van der Waals surface area contributed by atoms with Crippen LogP contribution in [0.2, 0.25) is 0 Å². The Morgan fingerprint density at radius 1 is 1.09 bits per heavy atom. The fraction of sp³-hybridized carbons (Fsp3) is 0.278. The van der Waals surface area contributed by atoms with Gasteiger partial charge in [-0.2, -0.15) is 5.26 Å². The summed E-state index contributed by atoms with van der Waals surface area (Å²) in [5.41, 5.74) is 3.14. The third kappa shape index (κ3) is 3.82. The van der Waals surface area contributed by atoms with Crippen molar-refractivity contribution in [3.05, 3.63) is 64.7 Å². The molecule has 22 heavy (non-hydrogen) atoms. The number of benzene rings is 2. The first-order valence-electron chi connectivity index (χ1n) is 7.06. The molecule has 1 atom stereocenters. The molecule has 0 saturated heterocycles. The fourth-order valence-corrected chi connectivity index (χ4v) is 2.29. The molecule has 2 aromatic carbocycles. The number of hydrogen-bond donors (Lipinski definition) is 0. The second-order valence-electron chi connectivity index (χ2n) is 5.25. The zero-order valence-electron chi connectivity index (χ0n) is 12.6. The Morgan fingerprint density at radius 3 is 2.55 bits per heavy atom. The summed E-state index contributed by atoms with van der Waals surface area (Å²) >= 11 is 0. The van der Waals surface area contributed by atoms with Gasteiger partial charge in [-0.25, -0.2) is 8.78 Å². The lowest BCUT2D eigenvalue weighted by molar-refractivity contribution is 0.303. The van der Waals surface area contributed by atoms with Gasteiger partial charge in [0.05, 0.1) is 18.6 Å². The van der Waals surface area contributed by atoms with Crippen molar-refractivity contribution in [2.45, 2.75) is 26.2 Å². The highest BCUT2D eigenvalue weighted by Crippen LogP contribution is 2.24. The summed E-state index contributed by atoms with van der Waals surface area (Å²) in [6.07, 6.45) is 0.486. The quantitative estimate of drug-likeness (QED) is 0.804. The van der Waals surface area contributed by atoms with Gasteiger partial charge in [0.2, 0.25) is 0 Å². The molecule has 0 fully saturated rings. The minimum Gasteiger partial charge on any atom is -0.493 e. The van der Waals surface area contributed by atoms with Crippen molar-refractivity contribution >= 4 is 0 Å². The van der Waals surface area contributed by atoms with Crippen molar-refractivity contribution in [2.24, 2.45) is 0 Å². The summed E-state index contributed by atoms with van der Waals surface area (Å²) in [5.74, 6) is -1.87. The van der Waals surface area contributed by atoms with Crippen LogP contribution in [0.1, 0.15) is 29.0 Å². The van der Waals surface area contributed by atoms with E-state index in [4.69, 9.17) is 4.74 Å². The normalized spacial score (nSPS) is 11.8. The van der Waals surface area contributed by atoms with E-state index in [1.807, 2.05) is 32.0 Å². The molecule has 4 heteroatoms. The van der Waals surface area contributed by atoms with Gasteiger partial charge in [-0.05, 0) is 37.1 Å². The molecule has 0 radical (unpaired) electrons. The molecule has 0 aromatic heterocycles. The van der Waals surface area contributed by atoms with Gasteiger partial charge >= 0.3 is 0 Å². The summed E-state index contributed by atoms with van der Waals surface area (Å²) in [6.45, 7) is 4.21. The average Bonchev–Trinajstić information content (AvgIpc) is 2.50. The van der Waals surface area contributed by atoms with Crippen LogP contribution in [0.3, 0.4) is 0 Å². The summed E-state index contributed by atoms with van der Waals surface area (Å²) in [7, 11) is 0. The van der Waals surface area contributed by atoms with Crippen molar-refractivity contribution in [3.63, 3.8) is 0 Å². The molecule has 0 saturated carbocycles. The summed E-state index contributed by atoms with van der Waals surface area (Å²) in [4.78, 5) is 0. The minimum absolute atomic E-state index is 0.261. The van der Waals surface area contributed by atoms with E-state index in [0.717, 1.165) is 28.8 Å². The van der Waals surface area contributed by atoms with Gasteiger partial charge in [-0.15, -0.1) is 0 Å². The molecule has 0 heterocycles. The molecule has 0 spiro atoms. The maximum Gasteiger partial charge on any atom is 0.162 e. The van der Waals surface area contributed by atoms with Gasteiger partial charge in [-0.3, -0.25) is 0 Å². The maximum absolute atomic E-state index is 13.1. The standard InChI is InChI=1S/C18H17F2NO/c1-12-3-4-13(2)16(9-12)14(11-21)7-8-22-15-5-6-17(19)18(20)10-15/h3-6,9-10,14H,7-8H2,1-2H3. The Morgan fingerprint density at radius 2 is 1.86 bits per heavy atom. The van der Waals surface area contributed by atoms with Gasteiger partial charge < -0.3 is 4.74 Å². The Hall–Kier alpha value is -2.41. The smallest absolute Gasteiger partial charge is 0.162 e. The lowest BCUT2D eigenvalue weighted by Gasteiger charge is -2.14. The zero-order chi connectivity index (χ0) is 16.1. The fourth-order valence-electron chi connectivity index (χ4n) is 2.29. The number of aryl methyl sites for hydroxylation is 2. The van der Waals surface area contributed by atoms with Crippen molar-refractivity contribution in [3.8, 4) is 11.8 Å². The first-order valence-corrected chi connectivity index (χ1v) is 7.06. The largest absolute Gasteiger partial charge is 0.493 e. The topological polar surface area (TPSA) is 33.0 Å². The Labute approximate surface area is 129 Å². The molecular weight excluding hydrogens is 284 g/mol. The van der Waals surface area contributed by atoms with Gasteiger partial charge in [0.1, 0.15) is 5.75 Å². The molecule has 0 bridgehead atoms. The van der Waals surface area contributed by atoms with E-state index in [0.29, 0.717) is 6.42 Å². The van der Waals surface area contributed by atoms with Crippen LogP contribution in [0, 0.1) is 36.8 Å². The molecular formula is C18H17F2NO. The number of ether oxygens (including phenoxy) is 1. The number of rotatable bonds is 5. The molecule has 0 aliphatic rings. The number of hydrogen-bond acceptors (Lipinski definition) is 2. The predicted molar refractivity (Wildman–Crippen MR) is 80.7 cm³/mol. The molecule has 0 aliphatic carbocycles. The molecule has 114 valence electrons. The van der Waals surface area contributed by atoms with E-state index >= 15 is 0 Å². The van der Waals surface area contributed by atoms with Gasteiger partial charge in [0.25, 0.3) is 0 Å². The highest BCUT2D eigenvalue weighted by atomic mass is 19.2. The molecule has 0 N–H and O–H groups in total. The number of halogens is 2. The Kier molecular flexibility index (Phi) is 5.11. The minimum atomic E-state index is -0.941. The Bertz CT molecular complexity index is 707. The molecule has 0 amide bonds. The maximum atomic E-state index is 13.1. The second kappa shape index (κ2) is 7.04. The highest BCUT2D eigenvalue weighted by Gasteiger charge is 2.14. The van der Waals surface area contributed by atoms with Crippen LogP contribution in [0.4, 0.5) is 8.78 Å². The van der Waals surface area contributed by atoms with E-state index in [1.165, 1.54) is 6.07 Å². The van der Waals surface area contributed by atoms with Crippen molar-refractivity contribution < 1.29 is 13.5 Å². The van der Waals surface area contributed by atoms with Crippen LogP contribution in [-0.4, -0.2) is 6.61 Å². The lowest BCUT2D eigenvalue weighted by atomic mass is 9.92.